The number of nitrogens with one attached hydrogen (secondary N) is 2. The molecule has 0 unspecified atom stereocenters. The van der Waals surface area contributed by atoms with Gasteiger partial charge in [0.05, 0.1) is 23.1 Å². The molecule has 25 heavy (non-hydrogen) atoms. The molecule has 0 aliphatic carbocycles. The Morgan fingerprint density at radius 2 is 1.84 bits per heavy atom. The van der Waals surface area contributed by atoms with Crippen LogP contribution in [0.1, 0.15) is 21.5 Å². The van der Waals surface area contributed by atoms with Crippen molar-refractivity contribution in [3.8, 4) is 0 Å². The largest absolute Gasteiger partial charge is 0.352 e. The molecule has 0 aliphatic heterocycles. The highest BCUT2D eigenvalue weighted by atomic mass is 19.1. The number of pyridine rings is 1. The highest BCUT2D eigenvalue weighted by Gasteiger charge is 2.09. The molecule has 0 bridgehead atoms. The maximum Gasteiger partial charge on any atom is 0.253 e. The number of para-hydroxylation sites is 1. The minimum atomic E-state index is -0.364. The van der Waals surface area contributed by atoms with Gasteiger partial charge in [0.25, 0.3) is 5.91 Å². The van der Waals surface area contributed by atoms with E-state index in [1.54, 1.807) is 30.5 Å². The number of amides is 1. The predicted octanol–water partition coefficient (Wildman–Crippen LogP) is 4.20. The molecule has 3 rings (SSSR count). The van der Waals surface area contributed by atoms with E-state index >= 15 is 0 Å². The molecule has 0 atom stereocenters. The zero-order chi connectivity index (χ0) is 17.6. The van der Waals surface area contributed by atoms with Gasteiger partial charge in [0.2, 0.25) is 0 Å². The fraction of sp³-hybridized carbons (Fsp3) is 0.100. The summed E-state index contributed by atoms with van der Waals surface area (Å²) >= 11 is 0. The molecule has 2 N–H and O–H groups in total. The smallest absolute Gasteiger partial charge is 0.253 e. The third-order valence-electron chi connectivity index (χ3n) is 3.85. The first kappa shape index (κ1) is 16.6. The lowest BCUT2D eigenvalue weighted by molar-refractivity contribution is 0.0950. The van der Waals surface area contributed by atoms with Crippen LogP contribution in [0.5, 0.6) is 0 Å². The number of aromatic nitrogens is 1. The SMILES string of the molecule is Cc1ccccc1CNC(=O)c1cncc(Nc2ccccc2F)c1. The molecule has 1 aromatic heterocycles. The Balaban J connectivity index is 1.69. The van der Waals surface area contributed by atoms with Crippen LogP contribution in [0.25, 0.3) is 0 Å². The van der Waals surface area contributed by atoms with E-state index in [2.05, 4.69) is 15.6 Å². The van der Waals surface area contributed by atoms with Gasteiger partial charge < -0.3 is 10.6 Å². The summed E-state index contributed by atoms with van der Waals surface area (Å²) in [5.41, 5.74) is 3.48. The maximum atomic E-state index is 13.7. The second-order valence-electron chi connectivity index (χ2n) is 5.68. The Labute approximate surface area is 145 Å². The number of benzene rings is 2. The van der Waals surface area contributed by atoms with Crippen LogP contribution in [0.4, 0.5) is 15.8 Å². The first-order valence-electron chi connectivity index (χ1n) is 7.93. The second kappa shape index (κ2) is 7.57. The molecule has 3 aromatic rings. The summed E-state index contributed by atoms with van der Waals surface area (Å²) in [6.45, 7) is 2.44. The van der Waals surface area contributed by atoms with Crippen LogP contribution < -0.4 is 10.6 Å². The van der Waals surface area contributed by atoms with Crippen molar-refractivity contribution in [2.75, 3.05) is 5.32 Å². The maximum absolute atomic E-state index is 13.7. The van der Waals surface area contributed by atoms with Crippen LogP contribution in [0.2, 0.25) is 0 Å². The normalized spacial score (nSPS) is 10.3. The number of hydrogen-bond donors (Lipinski definition) is 2. The minimum Gasteiger partial charge on any atom is -0.352 e. The topological polar surface area (TPSA) is 54.0 Å². The fourth-order valence-corrected chi connectivity index (χ4v) is 2.44. The third kappa shape index (κ3) is 4.20. The van der Waals surface area contributed by atoms with Crippen molar-refractivity contribution >= 4 is 17.3 Å². The van der Waals surface area contributed by atoms with E-state index in [1.807, 2.05) is 31.2 Å². The Kier molecular flexibility index (Phi) is 5.04. The summed E-state index contributed by atoms with van der Waals surface area (Å²) < 4.78 is 13.7. The van der Waals surface area contributed by atoms with Gasteiger partial charge in [-0.05, 0) is 36.2 Å². The van der Waals surface area contributed by atoms with Gasteiger partial charge in [0, 0.05) is 12.7 Å². The Hall–Kier alpha value is -3.21. The van der Waals surface area contributed by atoms with Crippen molar-refractivity contribution in [1.29, 1.82) is 0 Å². The zero-order valence-electron chi connectivity index (χ0n) is 13.8. The summed E-state index contributed by atoms with van der Waals surface area (Å²) in [6.07, 6.45) is 3.03. The quantitative estimate of drug-likeness (QED) is 0.735. The van der Waals surface area contributed by atoms with E-state index in [0.717, 1.165) is 11.1 Å². The van der Waals surface area contributed by atoms with E-state index in [4.69, 9.17) is 0 Å². The fourth-order valence-electron chi connectivity index (χ4n) is 2.44. The standard InChI is InChI=1S/C20H18FN3O/c1-14-6-2-3-7-15(14)12-23-20(25)16-10-17(13-22-11-16)24-19-9-5-4-8-18(19)21/h2-11,13,24H,12H2,1H3,(H,23,25). The van der Waals surface area contributed by atoms with Gasteiger partial charge in [0.15, 0.2) is 0 Å². The molecular formula is C20H18FN3O. The van der Waals surface area contributed by atoms with Crippen molar-refractivity contribution in [3.05, 3.63) is 89.5 Å². The number of aryl methyl sites for hydroxylation is 1. The molecule has 5 heteroatoms. The van der Waals surface area contributed by atoms with Gasteiger partial charge in [-0.25, -0.2) is 4.39 Å². The Bertz CT molecular complexity index is 895. The number of anilines is 2. The molecule has 0 radical (unpaired) electrons. The van der Waals surface area contributed by atoms with E-state index in [0.29, 0.717) is 23.5 Å². The minimum absolute atomic E-state index is 0.229. The number of nitrogens with zero attached hydrogens (tertiary/aromatic N) is 1. The lowest BCUT2D eigenvalue weighted by Crippen LogP contribution is -2.23. The van der Waals surface area contributed by atoms with Crippen molar-refractivity contribution in [3.63, 3.8) is 0 Å². The first-order valence-corrected chi connectivity index (χ1v) is 7.93. The van der Waals surface area contributed by atoms with Crippen LogP contribution >= 0.6 is 0 Å². The molecule has 1 amide bonds. The number of carbonyl (C=O) groups is 1. The van der Waals surface area contributed by atoms with Crippen molar-refractivity contribution in [2.45, 2.75) is 13.5 Å². The van der Waals surface area contributed by atoms with Crippen molar-refractivity contribution in [1.82, 2.24) is 10.3 Å². The lowest BCUT2D eigenvalue weighted by Gasteiger charge is -2.10. The molecule has 2 aromatic carbocycles. The number of halogens is 1. The molecule has 4 nitrogen and oxygen atoms in total. The summed E-state index contributed by atoms with van der Waals surface area (Å²) in [5.74, 6) is -0.593. The summed E-state index contributed by atoms with van der Waals surface area (Å²) in [5, 5.41) is 5.81. The summed E-state index contributed by atoms with van der Waals surface area (Å²) in [4.78, 5) is 16.4. The van der Waals surface area contributed by atoms with Gasteiger partial charge in [-0.2, -0.15) is 0 Å². The number of carbonyl (C=O) groups excluding carboxylic acids is 1. The zero-order valence-corrected chi connectivity index (χ0v) is 13.8. The van der Waals surface area contributed by atoms with Gasteiger partial charge in [-0.3, -0.25) is 9.78 Å². The monoisotopic (exact) mass is 335 g/mol. The van der Waals surface area contributed by atoms with Crippen LogP contribution in [-0.4, -0.2) is 10.9 Å². The first-order chi connectivity index (χ1) is 12.1. The van der Waals surface area contributed by atoms with Crippen molar-refractivity contribution < 1.29 is 9.18 Å². The summed E-state index contributed by atoms with van der Waals surface area (Å²) in [6, 6.07) is 15.9. The van der Waals surface area contributed by atoms with Gasteiger partial charge >= 0.3 is 0 Å². The third-order valence-corrected chi connectivity index (χ3v) is 3.85. The lowest BCUT2D eigenvalue weighted by atomic mass is 10.1. The van der Waals surface area contributed by atoms with Crippen LogP contribution in [0.15, 0.2) is 67.0 Å². The second-order valence-corrected chi connectivity index (χ2v) is 5.68. The number of rotatable bonds is 5. The van der Waals surface area contributed by atoms with E-state index in [-0.39, 0.29) is 11.7 Å². The molecule has 126 valence electrons. The molecule has 0 spiro atoms. The highest BCUT2D eigenvalue weighted by molar-refractivity contribution is 5.94. The van der Waals surface area contributed by atoms with E-state index in [1.165, 1.54) is 12.3 Å². The number of hydrogen-bond acceptors (Lipinski definition) is 3. The molecule has 0 saturated heterocycles. The van der Waals surface area contributed by atoms with Crippen molar-refractivity contribution in [2.24, 2.45) is 0 Å². The van der Waals surface area contributed by atoms with Crippen LogP contribution in [0.3, 0.4) is 0 Å². The molecular weight excluding hydrogens is 317 g/mol. The highest BCUT2D eigenvalue weighted by Crippen LogP contribution is 2.19. The van der Waals surface area contributed by atoms with Crippen LogP contribution in [-0.2, 0) is 6.54 Å². The van der Waals surface area contributed by atoms with Gasteiger partial charge in [0.1, 0.15) is 5.82 Å². The van der Waals surface area contributed by atoms with E-state index in [9.17, 15) is 9.18 Å². The average Bonchev–Trinajstić information content (AvgIpc) is 2.63. The average molecular weight is 335 g/mol. The Morgan fingerprint density at radius 1 is 1.08 bits per heavy atom. The van der Waals surface area contributed by atoms with Crippen LogP contribution in [0, 0.1) is 12.7 Å². The molecule has 0 saturated carbocycles. The Morgan fingerprint density at radius 3 is 2.64 bits per heavy atom. The molecule has 0 aliphatic rings. The van der Waals surface area contributed by atoms with E-state index < -0.39 is 0 Å². The van der Waals surface area contributed by atoms with Gasteiger partial charge in [-0.1, -0.05) is 36.4 Å². The molecule has 1 heterocycles. The summed E-state index contributed by atoms with van der Waals surface area (Å²) in [7, 11) is 0. The predicted molar refractivity (Wildman–Crippen MR) is 96.3 cm³/mol. The molecule has 0 fully saturated rings. The van der Waals surface area contributed by atoms with Gasteiger partial charge in [-0.15, -0.1) is 0 Å².